The van der Waals surface area contributed by atoms with E-state index in [9.17, 15) is 9.59 Å². The third-order valence-corrected chi connectivity index (χ3v) is 7.18. The minimum atomic E-state index is 0.0318. The molecule has 1 saturated carbocycles. The smallest absolute Gasteiger partial charge is 0.236 e. The largest absolute Gasteiger partial charge is 0.341 e. The first-order valence-corrected chi connectivity index (χ1v) is 11.4. The summed E-state index contributed by atoms with van der Waals surface area (Å²) in [5.74, 6) is 1.70. The van der Waals surface area contributed by atoms with E-state index in [4.69, 9.17) is 5.73 Å². The summed E-state index contributed by atoms with van der Waals surface area (Å²) in [7, 11) is 0. The number of nitrogens with two attached hydrogens (primary N) is 1. The van der Waals surface area contributed by atoms with Crippen LogP contribution in [0.15, 0.2) is 0 Å². The molecule has 28 heavy (non-hydrogen) atoms. The second-order valence-corrected chi connectivity index (χ2v) is 9.84. The molecule has 3 fully saturated rings. The molecule has 6 heteroatoms. The molecule has 0 aromatic rings. The van der Waals surface area contributed by atoms with E-state index >= 15 is 0 Å². The van der Waals surface area contributed by atoms with Gasteiger partial charge in [0.25, 0.3) is 0 Å². The summed E-state index contributed by atoms with van der Waals surface area (Å²) in [6.07, 6.45) is 7.69. The number of piperidine rings is 1. The number of amides is 2. The lowest BCUT2D eigenvalue weighted by Gasteiger charge is -2.40. The number of carbonyl (C=O) groups is 2. The van der Waals surface area contributed by atoms with Crippen LogP contribution in [0.2, 0.25) is 0 Å². The molecule has 2 atom stereocenters. The zero-order valence-electron chi connectivity index (χ0n) is 18.0. The lowest BCUT2D eigenvalue weighted by Crippen LogP contribution is -2.53. The molecule has 2 unspecified atom stereocenters. The molecule has 160 valence electrons. The third-order valence-electron chi connectivity index (χ3n) is 7.18. The second-order valence-electron chi connectivity index (χ2n) is 9.84. The summed E-state index contributed by atoms with van der Waals surface area (Å²) in [6.45, 7) is 10.4. The summed E-state index contributed by atoms with van der Waals surface area (Å²) in [4.78, 5) is 31.8. The maximum Gasteiger partial charge on any atom is 0.236 e. The van der Waals surface area contributed by atoms with Gasteiger partial charge in [0, 0.05) is 45.7 Å². The van der Waals surface area contributed by atoms with Crippen LogP contribution >= 0.6 is 0 Å². The molecule has 2 aliphatic heterocycles. The van der Waals surface area contributed by atoms with Crippen molar-refractivity contribution in [3.8, 4) is 0 Å². The van der Waals surface area contributed by atoms with E-state index in [-0.39, 0.29) is 17.2 Å². The Bertz CT molecular complexity index is 529. The first kappa shape index (κ1) is 21.6. The van der Waals surface area contributed by atoms with Gasteiger partial charge in [-0.05, 0) is 43.1 Å². The topological polar surface area (TPSA) is 69.9 Å². The van der Waals surface area contributed by atoms with E-state index < -0.39 is 0 Å². The van der Waals surface area contributed by atoms with Gasteiger partial charge >= 0.3 is 0 Å². The van der Waals surface area contributed by atoms with Gasteiger partial charge in [-0.3, -0.25) is 14.5 Å². The van der Waals surface area contributed by atoms with Crippen LogP contribution < -0.4 is 5.73 Å². The molecule has 2 saturated heterocycles. The Morgan fingerprint density at radius 3 is 2.07 bits per heavy atom. The molecule has 0 radical (unpaired) electrons. The Labute approximate surface area is 170 Å². The minimum absolute atomic E-state index is 0.0318. The number of likely N-dealkylation sites (tertiary alicyclic amines) is 1. The fourth-order valence-electron chi connectivity index (χ4n) is 5.50. The summed E-state index contributed by atoms with van der Waals surface area (Å²) < 4.78 is 0. The van der Waals surface area contributed by atoms with Crippen molar-refractivity contribution in [1.29, 1.82) is 0 Å². The van der Waals surface area contributed by atoms with E-state index in [1.807, 2.05) is 9.80 Å². The van der Waals surface area contributed by atoms with Crippen LogP contribution in [-0.4, -0.2) is 78.9 Å². The average molecular weight is 393 g/mol. The van der Waals surface area contributed by atoms with Gasteiger partial charge < -0.3 is 15.5 Å². The Hall–Kier alpha value is -1.14. The molecule has 0 aromatic carbocycles. The second kappa shape index (κ2) is 9.57. The van der Waals surface area contributed by atoms with Crippen molar-refractivity contribution in [3.63, 3.8) is 0 Å². The SMILES string of the molecule is CC1CC(C)CN(C(=O)CN2CCN(C(=O)CC3(CN)CCCCC3)CC2)C1. The lowest BCUT2D eigenvalue weighted by atomic mass is 9.71. The van der Waals surface area contributed by atoms with Crippen molar-refractivity contribution in [1.82, 2.24) is 14.7 Å². The van der Waals surface area contributed by atoms with Crippen molar-refractivity contribution < 1.29 is 9.59 Å². The summed E-state index contributed by atoms with van der Waals surface area (Å²) in [6, 6.07) is 0. The quantitative estimate of drug-likeness (QED) is 0.776. The van der Waals surface area contributed by atoms with Gasteiger partial charge in [0.15, 0.2) is 0 Å². The van der Waals surface area contributed by atoms with Crippen LogP contribution in [0, 0.1) is 17.3 Å². The molecule has 6 nitrogen and oxygen atoms in total. The predicted molar refractivity (Wildman–Crippen MR) is 112 cm³/mol. The van der Waals surface area contributed by atoms with Crippen LogP contribution in [0.25, 0.3) is 0 Å². The molecular weight excluding hydrogens is 352 g/mol. The van der Waals surface area contributed by atoms with E-state index in [0.29, 0.717) is 31.3 Å². The van der Waals surface area contributed by atoms with E-state index in [2.05, 4.69) is 18.7 Å². The molecule has 2 amide bonds. The predicted octanol–water partition coefficient (Wildman–Crippen LogP) is 1.93. The van der Waals surface area contributed by atoms with Crippen molar-refractivity contribution in [2.24, 2.45) is 23.0 Å². The molecule has 3 rings (SSSR count). The van der Waals surface area contributed by atoms with Gasteiger partial charge in [-0.1, -0.05) is 33.1 Å². The van der Waals surface area contributed by atoms with Gasteiger partial charge in [0.1, 0.15) is 0 Å². The van der Waals surface area contributed by atoms with Crippen LogP contribution in [0.5, 0.6) is 0 Å². The molecule has 3 aliphatic rings. The first-order chi connectivity index (χ1) is 13.4. The van der Waals surface area contributed by atoms with Gasteiger partial charge in [0.05, 0.1) is 6.54 Å². The molecule has 0 bridgehead atoms. The minimum Gasteiger partial charge on any atom is -0.341 e. The normalized spacial score (nSPS) is 29.0. The van der Waals surface area contributed by atoms with E-state index in [1.165, 1.54) is 25.7 Å². The highest BCUT2D eigenvalue weighted by Gasteiger charge is 2.35. The van der Waals surface area contributed by atoms with Crippen molar-refractivity contribution >= 4 is 11.8 Å². The average Bonchev–Trinajstić information content (AvgIpc) is 2.68. The molecule has 2 N–H and O–H groups in total. The standard InChI is InChI=1S/C22H40N4O2/c1-18-12-19(2)15-26(14-18)21(28)16-24-8-10-25(11-9-24)20(27)13-22(17-23)6-4-3-5-7-22/h18-19H,3-17,23H2,1-2H3. The molecule has 0 aromatic heterocycles. The highest BCUT2D eigenvalue weighted by Crippen LogP contribution is 2.38. The van der Waals surface area contributed by atoms with Crippen LogP contribution in [-0.2, 0) is 9.59 Å². The summed E-state index contributed by atoms with van der Waals surface area (Å²) >= 11 is 0. The molecular formula is C22H40N4O2. The van der Waals surface area contributed by atoms with Gasteiger partial charge in [-0.15, -0.1) is 0 Å². The number of hydrogen-bond donors (Lipinski definition) is 1. The Kier molecular flexibility index (Phi) is 7.37. The number of hydrogen-bond acceptors (Lipinski definition) is 4. The Balaban J connectivity index is 1.43. The maximum absolute atomic E-state index is 12.9. The highest BCUT2D eigenvalue weighted by molar-refractivity contribution is 5.79. The van der Waals surface area contributed by atoms with Crippen LogP contribution in [0.3, 0.4) is 0 Å². The number of nitrogens with zero attached hydrogens (tertiary/aromatic N) is 3. The van der Waals surface area contributed by atoms with Gasteiger partial charge in [-0.2, -0.15) is 0 Å². The fraction of sp³-hybridized carbons (Fsp3) is 0.909. The number of carbonyl (C=O) groups excluding carboxylic acids is 2. The maximum atomic E-state index is 12.9. The fourth-order valence-corrected chi connectivity index (χ4v) is 5.50. The summed E-state index contributed by atoms with van der Waals surface area (Å²) in [5.41, 5.74) is 6.09. The Morgan fingerprint density at radius 1 is 0.893 bits per heavy atom. The Morgan fingerprint density at radius 2 is 1.50 bits per heavy atom. The van der Waals surface area contributed by atoms with Crippen molar-refractivity contribution in [2.45, 2.75) is 58.8 Å². The van der Waals surface area contributed by atoms with E-state index in [1.54, 1.807) is 0 Å². The zero-order valence-corrected chi connectivity index (χ0v) is 18.0. The van der Waals surface area contributed by atoms with Crippen molar-refractivity contribution in [2.75, 3.05) is 52.4 Å². The van der Waals surface area contributed by atoms with Crippen LogP contribution in [0.4, 0.5) is 0 Å². The number of piperazine rings is 1. The van der Waals surface area contributed by atoms with Gasteiger partial charge in [-0.25, -0.2) is 0 Å². The van der Waals surface area contributed by atoms with Crippen molar-refractivity contribution in [3.05, 3.63) is 0 Å². The molecule has 2 heterocycles. The zero-order chi connectivity index (χ0) is 20.1. The molecule has 1 aliphatic carbocycles. The third kappa shape index (κ3) is 5.47. The lowest BCUT2D eigenvalue weighted by molar-refractivity contribution is -0.138. The van der Waals surface area contributed by atoms with E-state index in [0.717, 1.165) is 52.1 Å². The molecule has 0 spiro atoms. The first-order valence-electron chi connectivity index (χ1n) is 11.4. The number of rotatable bonds is 5. The summed E-state index contributed by atoms with van der Waals surface area (Å²) in [5, 5.41) is 0. The highest BCUT2D eigenvalue weighted by atomic mass is 16.2. The monoisotopic (exact) mass is 392 g/mol. The van der Waals surface area contributed by atoms with Gasteiger partial charge in [0.2, 0.25) is 11.8 Å². The van der Waals surface area contributed by atoms with Crippen LogP contribution in [0.1, 0.15) is 58.8 Å².